The second-order valence-corrected chi connectivity index (χ2v) is 4.96. The van der Waals surface area contributed by atoms with Crippen molar-refractivity contribution in [3.63, 3.8) is 0 Å². The molecule has 0 N–H and O–H groups in total. The van der Waals surface area contributed by atoms with Crippen LogP contribution in [0.2, 0.25) is 0 Å². The SMILES string of the molecule is C[N+](C)(C)Cc1ccc(CBr)cc1.[Br-]. The maximum atomic E-state index is 3.44. The maximum Gasteiger partial charge on any atom is 0.104 e. The van der Waals surface area contributed by atoms with E-state index in [-0.39, 0.29) is 17.0 Å². The lowest BCUT2D eigenvalue weighted by atomic mass is 10.1. The molecule has 1 aromatic carbocycles. The summed E-state index contributed by atoms with van der Waals surface area (Å²) in [6, 6.07) is 8.78. The third-order valence-electron chi connectivity index (χ3n) is 1.83. The molecule has 0 amide bonds. The van der Waals surface area contributed by atoms with Gasteiger partial charge in [-0.25, -0.2) is 0 Å². The molecule has 3 heteroatoms. The summed E-state index contributed by atoms with van der Waals surface area (Å²) < 4.78 is 0.980. The molecule has 0 spiro atoms. The zero-order valence-electron chi connectivity index (χ0n) is 8.93. The molecule has 0 unspecified atom stereocenters. The lowest BCUT2D eigenvalue weighted by Crippen LogP contribution is -3.00. The first-order valence-corrected chi connectivity index (χ1v) is 5.58. The molecule has 0 aromatic heterocycles. The Kier molecular flexibility index (Phi) is 5.94. The van der Waals surface area contributed by atoms with Crippen LogP contribution in [0.5, 0.6) is 0 Å². The smallest absolute Gasteiger partial charge is 0.104 e. The molecular formula is C11H17Br2N. The molecule has 0 atom stereocenters. The van der Waals surface area contributed by atoms with Gasteiger partial charge in [-0.05, 0) is 5.56 Å². The second kappa shape index (κ2) is 5.89. The van der Waals surface area contributed by atoms with Gasteiger partial charge < -0.3 is 21.5 Å². The Labute approximate surface area is 106 Å². The normalized spacial score (nSPS) is 10.9. The van der Waals surface area contributed by atoms with E-state index in [9.17, 15) is 0 Å². The molecule has 0 saturated carbocycles. The molecule has 0 fully saturated rings. The summed E-state index contributed by atoms with van der Waals surface area (Å²) in [5.41, 5.74) is 2.74. The van der Waals surface area contributed by atoms with Crippen LogP contribution in [0, 0.1) is 0 Å². The van der Waals surface area contributed by atoms with Crippen molar-refractivity contribution in [2.45, 2.75) is 11.9 Å². The van der Waals surface area contributed by atoms with Crippen LogP contribution < -0.4 is 17.0 Å². The molecule has 0 bridgehead atoms. The summed E-state index contributed by atoms with van der Waals surface area (Å²) in [6.45, 7) is 1.09. The Morgan fingerprint density at radius 2 is 1.43 bits per heavy atom. The molecule has 80 valence electrons. The van der Waals surface area contributed by atoms with E-state index < -0.39 is 0 Å². The van der Waals surface area contributed by atoms with Gasteiger partial charge >= 0.3 is 0 Å². The quantitative estimate of drug-likeness (QED) is 0.534. The van der Waals surface area contributed by atoms with Crippen LogP contribution in [-0.2, 0) is 11.9 Å². The average molecular weight is 323 g/mol. The third-order valence-corrected chi connectivity index (χ3v) is 2.48. The van der Waals surface area contributed by atoms with Gasteiger partial charge in [0.05, 0.1) is 21.1 Å². The highest BCUT2D eigenvalue weighted by Crippen LogP contribution is 2.10. The van der Waals surface area contributed by atoms with Gasteiger partial charge in [-0.3, -0.25) is 0 Å². The van der Waals surface area contributed by atoms with E-state index in [1.54, 1.807) is 0 Å². The lowest BCUT2D eigenvalue weighted by molar-refractivity contribution is -0.884. The van der Waals surface area contributed by atoms with Crippen molar-refractivity contribution >= 4 is 15.9 Å². The predicted molar refractivity (Wildman–Crippen MR) is 60.8 cm³/mol. The van der Waals surface area contributed by atoms with Crippen molar-refractivity contribution in [3.05, 3.63) is 35.4 Å². The minimum Gasteiger partial charge on any atom is -1.00 e. The molecule has 0 radical (unpaired) electrons. The van der Waals surface area contributed by atoms with Crippen LogP contribution in [-0.4, -0.2) is 25.6 Å². The summed E-state index contributed by atoms with van der Waals surface area (Å²) >= 11 is 3.44. The fourth-order valence-corrected chi connectivity index (χ4v) is 1.66. The molecule has 0 heterocycles. The average Bonchev–Trinajstić information content (AvgIpc) is 2.03. The van der Waals surface area contributed by atoms with Gasteiger partial charge in [0.15, 0.2) is 0 Å². The Hall–Kier alpha value is 0.140. The molecule has 14 heavy (non-hydrogen) atoms. The summed E-state index contributed by atoms with van der Waals surface area (Å²) in [5, 5.41) is 0.942. The van der Waals surface area contributed by atoms with E-state index in [0.717, 1.165) is 16.4 Å². The second-order valence-electron chi connectivity index (χ2n) is 4.40. The van der Waals surface area contributed by atoms with E-state index in [1.165, 1.54) is 11.1 Å². The van der Waals surface area contributed by atoms with Crippen LogP contribution in [0.1, 0.15) is 11.1 Å². The first-order valence-electron chi connectivity index (χ1n) is 4.45. The summed E-state index contributed by atoms with van der Waals surface area (Å²) in [4.78, 5) is 0. The molecule has 1 nitrogen and oxygen atoms in total. The van der Waals surface area contributed by atoms with E-state index in [1.807, 2.05) is 0 Å². The Balaban J connectivity index is 0.00000169. The van der Waals surface area contributed by atoms with Gasteiger partial charge in [-0.2, -0.15) is 0 Å². The van der Waals surface area contributed by atoms with Crippen LogP contribution in [0.25, 0.3) is 0 Å². The van der Waals surface area contributed by atoms with Crippen LogP contribution in [0.3, 0.4) is 0 Å². The third kappa shape index (κ3) is 5.13. The zero-order valence-corrected chi connectivity index (χ0v) is 12.1. The Morgan fingerprint density at radius 3 is 1.79 bits per heavy atom. The van der Waals surface area contributed by atoms with Crippen molar-refractivity contribution in [2.24, 2.45) is 0 Å². The van der Waals surface area contributed by atoms with Gasteiger partial charge in [0, 0.05) is 10.9 Å². The molecule has 1 aromatic rings. The fraction of sp³-hybridized carbons (Fsp3) is 0.455. The first-order chi connectivity index (χ1) is 6.01. The number of quaternary nitrogens is 1. The highest BCUT2D eigenvalue weighted by molar-refractivity contribution is 9.08. The van der Waals surface area contributed by atoms with E-state index >= 15 is 0 Å². The maximum absolute atomic E-state index is 3.44. The standard InChI is InChI=1S/C11H17BrN.BrH/c1-13(2,3)9-11-6-4-10(8-12)5-7-11;/h4-7H,8-9H2,1-3H3;1H/q+1;/p-1. The van der Waals surface area contributed by atoms with Crippen LogP contribution >= 0.6 is 15.9 Å². The predicted octanol–water partition coefficient (Wildman–Crippen LogP) is -0.208. The Morgan fingerprint density at radius 1 is 1.00 bits per heavy atom. The van der Waals surface area contributed by atoms with Crippen LogP contribution in [0.15, 0.2) is 24.3 Å². The van der Waals surface area contributed by atoms with Gasteiger partial charge in [-0.1, -0.05) is 40.2 Å². The highest BCUT2D eigenvalue weighted by atomic mass is 79.9. The number of nitrogens with zero attached hydrogens (tertiary/aromatic N) is 1. The van der Waals surface area contributed by atoms with Crippen LogP contribution in [0.4, 0.5) is 0 Å². The zero-order chi connectivity index (χ0) is 9.90. The number of benzene rings is 1. The largest absolute Gasteiger partial charge is 1.00 e. The van der Waals surface area contributed by atoms with E-state index in [2.05, 4.69) is 61.3 Å². The monoisotopic (exact) mass is 321 g/mol. The van der Waals surface area contributed by atoms with Gasteiger partial charge in [0.2, 0.25) is 0 Å². The van der Waals surface area contributed by atoms with E-state index in [4.69, 9.17) is 0 Å². The first kappa shape index (κ1) is 14.1. The molecule has 0 aliphatic heterocycles. The van der Waals surface area contributed by atoms with E-state index in [0.29, 0.717) is 0 Å². The number of rotatable bonds is 3. The molecule has 0 aliphatic carbocycles. The lowest BCUT2D eigenvalue weighted by Gasteiger charge is -2.23. The fourth-order valence-electron chi connectivity index (χ4n) is 1.28. The molecule has 1 rings (SSSR count). The van der Waals surface area contributed by atoms with Crippen molar-refractivity contribution in [1.82, 2.24) is 0 Å². The summed E-state index contributed by atoms with van der Waals surface area (Å²) in [7, 11) is 6.62. The minimum absolute atomic E-state index is 0. The molecule has 0 aliphatic rings. The Bertz CT molecular complexity index is 262. The number of halogens is 2. The molecular weight excluding hydrogens is 306 g/mol. The van der Waals surface area contributed by atoms with Gasteiger partial charge in [-0.15, -0.1) is 0 Å². The minimum atomic E-state index is 0. The highest BCUT2D eigenvalue weighted by Gasteiger charge is 2.07. The number of alkyl halides is 1. The van der Waals surface area contributed by atoms with Crippen molar-refractivity contribution < 1.29 is 21.5 Å². The topological polar surface area (TPSA) is 0 Å². The van der Waals surface area contributed by atoms with Crippen molar-refractivity contribution in [2.75, 3.05) is 21.1 Å². The number of hydrogen-bond donors (Lipinski definition) is 0. The van der Waals surface area contributed by atoms with Crippen molar-refractivity contribution in [1.29, 1.82) is 0 Å². The summed E-state index contributed by atoms with van der Waals surface area (Å²) in [6.07, 6.45) is 0. The number of hydrogen-bond acceptors (Lipinski definition) is 0. The van der Waals surface area contributed by atoms with Gasteiger partial charge in [0.25, 0.3) is 0 Å². The van der Waals surface area contributed by atoms with Crippen molar-refractivity contribution in [3.8, 4) is 0 Å². The molecule has 0 saturated heterocycles. The van der Waals surface area contributed by atoms with Gasteiger partial charge in [0.1, 0.15) is 6.54 Å². The summed E-state index contributed by atoms with van der Waals surface area (Å²) in [5.74, 6) is 0.